The first-order chi connectivity index (χ1) is 9.86. The zero-order chi connectivity index (χ0) is 15.6. The zero-order valence-electron chi connectivity index (χ0n) is 10.4. The Morgan fingerprint density at radius 2 is 1.90 bits per heavy atom. The van der Waals surface area contributed by atoms with Crippen LogP contribution in [0.3, 0.4) is 0 Å². The van der Waals surface area contributed by atoms with Gasteiger partial charge >= 0.3 is 5.97 Å². The van der Waals surface area contributed by atoms with Gasteiger partial charge in [-0.15, -0.1) is 0 Å². The summed E-state index contributed by atoms with van der Waals surface area (Å²) in [7, 11) is 0. The molecule has 0 radical (unpaired) electrons. The van der Waals surface area contributed by atoms with Gasteiger partial charge in [0, 0.05) is 13.7 Å². The predicted molar refractivity (Wildman–Crippen MR) is 88.2 cm³/mol. The molecule has 0 spiro atoms. The van der Waals surface area contributed by atoms with E-state index in [4.69, 9.17) is 5.11 Å². The van der Waals surface area contributed by atoms with E-state index in [-0.39, 0.29) is 5.56 Å². The lowest BCUT2D eigenvalue weighted by molar-refractivity contribution is 0.0696. The van der Waals surface area contributed by atoms with Crippen LogP contribution in [0, 0.1) is 9.39 Å². The zero-order valence-corrected chi connectivity index (χ0v) is 14.1. The lowest BCUT2D eigenvalue weighted by Crippen LogP contribution is -2.14. The van der Waals surface area contributed by atoms with Crippen molar-refractivity contribution >= 4 is 56.1 Å². The third-order valence-electron chi connectivity index (χ3n) is 2.58. The fraction of sp³-hybridized carbons (Fsp3) is 0. The van der Waals surface area contributed by atoms with Crippen molar-refractivity contribution in [2.75, 3.05) is 5.32 Å². The van der Waals surface area contributed by atoms with E-state index in [1.165, 1.54) is 30.3 Å². The lowest BCUT2D eigenvalue weighted by Gasteiger charge is -2.08. The summed E-state index contributed by atoms with van der Waals surface area (Å²) < 4.78 is 14.0. The third-order valence-corrected chi connectivity index (χ3v) is 3.93. The molecule has 2 N–H and O–H groups in total. The van der Waals surface area contributed by atoms with Crippen LogP contribution < -0.4 is 5.32 Å². The van der Waals surface area contributed by atoms with E-state index in [9.17, 15) is 14.0 Å². The smallest absolute Gasteiger partial charge is 0.335 e. The van der Waals surface area contributed by atoms with Crippen LogP contribution in [0.15, 0.2) is 40.9 Å². The molecule has 0 unspecified atom stereocenters. The third kappa shape index (κ3) is 4.01. The van der Waals surface area contributed by atoms with Crippen LogP contribution in [0.25, 0.3) is 0 Å². The summed E-state index contributed by atoms with van der Waals surface area (Å²) in [6, 6.07) is 8.18. The minimum Gasteiger partial charge on any atom is -0.478 e. The topological polar surface area (TPSA) is 66.4 Å². The van der Waals surface area contributed by atoms with Crippen molar-refractivity contribution in [1.82, 2.24) is 0 Å². The number of carboxylic acid groups (broad SMARTS) is 1. The quantitative estimate of drug-likeness (QED) is 0.672. The summed E-state index contributed by atoms with van der Waals surface area (Å²) in [5.74, 6) is -1.96. The van der Waals surface area contributed by atoms with E-state index in [1.807, 2.05) is 22.6 Å². The van der Waals surface area contributed by atoms with Crippen molar-refractivity contribution in [2.45, 2.75) is 0 Å². The maximum Gasteiger partial charge on any atom is 0.335 e. The average molecular weight is 464 g/mol. The molecule has 2 aromatic carbocycles. The fourth-order valence-electron chi connectivity index (χ4n) is 1.66. The van der Waals surface area contributed by atoms with Crippen LogP contribution in [0.1, 0.15) is 20.7 Å². The Morgan fingerprint density at radius 3 is 2.52 bits per heavy atom. The van der Waals surface area contributed by atoms with Gasteiger partial charge in [0.25, 0.3) is 5.91 Å². The van der Waals surface area contributed by atoms with E-state index < -0.39 is 17.7 Å². The van der Waals surface area contributed by atoms with E-state index in [0.29, 0.717) is 19.3 Å². The first-order valence-electron chi connectivity index (χ1n) is 5.67. The molecular formula is C14H8BrFINO3. The van der Waals surface area contributed by atoms with Crippen LogP contribution in [0.5, 0.6) is 0 Å². The van der Waals surface area contributed by atoms with Crippen LogP contribution in [-0.4, -0.2) is 17.0 Å². The fourth-order valence-corrected chi connectivity index (χ4v) is 2.87. The van der Waals surface area contributed by atoms with Crippen molar-refractivity contribution < 1.29 is 19.1 Å². The summed E-state index contributed by atoms with van der Waals surface area (Å²) in [6.45, 7) is 0. The van der Waals surface area contributed by atoms with Gasteiger partial charge in [-0.2, -0.15) is 0 Å². The van der Waals surface area contributed by atoms with Gasteiger partial charge in [0.15, 0.2) is 0 Å². The molecule has 0 aliphatic rings. The second kappa shape index (κ2) is 6.52. The first kappa shape index (κ1) is 15.9. The second-order valence-corrected chi connectivity index (χ2v) is 6.19. The van der Waals surface area contributed by atoms with Crippen LogP contribution >= 0.6 is 38.5 Å². The minimum absolute atomic E-state index is 0.0495. The molecule has 2 rings (SSSR count). The summed E-state index contributed by atoms with van der Waals surface area (Å²) >= 11 is 5.05. The summed E-state index contributed by atoms with van der Waals surface area (Å²) in [5.41, 5.74) is 0.703. The Labute approximate surface area is 141 Å². The van der Waals surface area contributed by atoms with Gasteiger partial charge in [-0.1, -0.05) is 15.9 Å². The van der Waals surface area contributed by atoms with Gasteiger partial charge < -0.3 is 10.4 Å². The normalized spacial score (nSPS) is 10.2. The number of halogens is 3. The first-order valence-corrected chi connectivity index (χ1v) is 7.54. The lowest BCUT2D eigenvalue weighted by atomic mass is 10.1. The highest BCUT2D eigenvalue weighted by molar-refractivity contribution is 14.1. The molecule has 0 heterocycles. The van der Waals surface area contributed by atoms with Crippen LogP contribution in [0.4, 0.5) is 10.1 Å². The molecule has 0 atom stereocenters. The molecule has 0 bridgehead atoms. The minimum atomic E-state index is -1.09. The Morgan fingerprint density at radius 1 is 1.19 bits per heavy atom. The van der Waals surface area contributed by atoms with Gasteiger partial charge in [0.05, 0.1) is 11.1 Å². The molecular weight excluding hydrogens is 456 g/mol. The Kier molecular flexibility index (Phi) is 4.94. The van der Waals surface area contributed by atoms with Crippen molar-refractivity contribution in [3.8, 4) is 0 Å². The molecule has 7 heteroatoms. The maximum absolute atomic E-state index is 13.0. The molecule has 4 nitrogen and oxygen atoms in total. The van der Waals surface area contributed by atoms with E-state index in [0.717, 1.165) is 0 Å². The summed E-state index contributed by atoms with van der Waals surface area (Å²) in [6.07, 6.45) is 0. The van der Waals surface area contributed by atoms with E-state index in [2.05, 4.69) is 21.2 Å². The highest BCUT2D eigenvalue weighted by Gasteiger charge is 2.13. The van der Waals surface area contributed by atoms with Crippen LogP contribution in [0.2, 0.25) is 0 Å². The van der Waals surface area contributed by atoms with Gasteiger partial charge in [0.2, 0.25) is 0 Å². The van der Waals surface area contributed by atoms with Crippen molar-refractivity contribution in [1.29, 1.82) is 0 Å². The highest BCUT2D eigenvalue weighted by Crippen LogP contribution is 2.21. The van der Waals surface area contributed by atoms with Gasteiger partial charge in [0.1, 0.15) is 5.82 Å². The summed E-state index contributed by atoms with van der Waals surface area (Å²) in [5, 5.41) is 11.6. The molecule has 21 heavy (non-hydrogen) atoms. The number of nitrogens with one attached hydrogen (secondary N) is 1. The number of aromatic carboxylic acids is 1. The number of benzene rings is 2. The Bertz CT molecular complexity index is 736. The molecule has 108 valence electrons. The van der Waals surface area contributed by atoms with Gasteiger partial charge in [-0.05, 0) is 59.0 Å². The van der Waals surface area contributed by atoms with Crippen LogP contribution in [-0.2, 0) is 0 Å². The number of hydrogen-bond donors (Lipinski definition) is 2. The number of amides is 1. The number of carbonyl (C=O) groups excluding carboxylic acids is 1. The molecule has 1 amide bonds. The number of rotatable bonds is 3. The van der Waals surface area contributed by atoms with Crippen molar-refractivity contribution in [3.05, 3.63) is 61.4 Å². The molecule has 0 saturated heterocycles. The monoisotopic (exact) mass is 463 g/mol. The number of carboxylic acids is 1. The Hall–Kier alpha value is -1.48. The standard InChI is InChI=1S/C14H8BrFINO3/c15-8-3-7(14(20)21)4-10(5-8)18-13(19)11-2-1-9(16)6-12(11)17/h1-6H,(H,18,19)(H,20,21). The number of hydrogen-bond acceptors (Lipinski definition) is 2. The van der Waals surface area contributed by atoms with Gasteiger partial charge in [-0.3, -0.25) is 4.79 Å². The highest BCUT2D eigenvalue weighted by atomic mass is 127. The SMILES string of the molecule is O=C(O)c1cc(Br)cc(NC(=O)c2ccc(F)cc2I)c1. The largest absolute Gasteiger partial charge is 0.478 e. The molecule has 0 aromatic heterocycles. The predicted octanol–water partition coefficient (Wildman–Crippen LogP) is 4.14. The van der Waals surface area contributed by atoms with E-state index >= 15 is 0 Å². The van der Waals surface area contributed by atoms with Crippen molar-refractivity contribution in [2.24, 2.45) is 0 Å². The molecule has 2 aromatic rings. The van der Waals surface area contributed by atoms with E-state index in [1.54, 1.807) is 6.07 Å². The summed E-state index contributed by atoms with van der Waals surface area (Å²) in [4.78, 5) is 23.1. The Balaban J connectivity index is 2.29. The molecule has 0 saturated carbocycles. The van der Waals surface area contributed by atoms with Gasteiger partial charge in [-0.25, -0.2) is 9.18 Å². The van der Waals surface area contributed by atoms with Crippen molar-refractivity contribution in [3.63, 3.8) is 0 Å². The molecule has 0 fully saturated rings. The molecule has 0 aliphatic heterocycles. The number of carbonyl (C=O) groups is 2. The number of anilines is 1. The maximum atomic E-state index is 13.0. The molecule has 0 aliphatic carbocycles. The second-order valence-electron chi connectivity index (χ2n) is 4.11. The average Bonchev–Trinajstić information content (AvgIpc) is 2.37.